The van der Waals surface area contributed by atoms with E-state index in [2.05, 4.69) is 12.2 Å². The quantitative estimate of drug-likeness (QED) is 0.814. The first-order chi connectivity index (χ1) is 7.43. The third kappa shape index (κ3) is 3.76. The fourth-order valence-corrected chi connectivity index (χ4v) is 1.55. The van der Waals surface area contributed by atoms with Crippen LogP contribution in [-0.2, 0) is 6.18 Å². The lowest BCUT2D eigenvalue weighted by atomic mass is 10.1. The van der Waals surface area contributed by atoms with E-state index in [1.54, 1.807) is 0 Å². The molecule has 1 N–H and O–H groups in total. The molecule has 1 aromatic rings. The Bertz CT molecular complexity index is 316. The lowest BCUT2D eigenvalue weighted by Crippen LogP contribution is -2.14. The summed E-state index contributed by atoms with van der Waals surface area (Å²) in [7, 11) is 0. The Morgan fingerprint density at radius 3 is 2.19 bits per heavy atom. The van der Waals surface area contributed by atoms with Gasteiger partial charge in [-0.2, -0.15) is 13.2 Å². The van der Waals surface area contributed by atoms with Crippen molar-refractivity contribution >= 4 is 5.69 Å². The van der Waals surface area contributed by atoms with Crippen molar-refractivity contribution in [1.82, 2.24) is 0 Å². The Labute approximate surface area is 93.7 Å². The first kappa shape index (κ1) is 12.9. The van der Waals surface area contributed by atoms with Gasteiger partial charge in [0, 0.05) is 11.7 Å². The molecule has 0 fully saturated rings. The molecule has 0 aliphatic heterocycles. The minimum Gasteiger partial charge on any atom is -0.383 e. The molecule has 90 valence electrons. The molecule has 0 saturated carbocycles. The molecule has 0 bridgehead atoms. The molecule has 1 atom stereocenters. The Balaban J connectivity index is 2.65. The summed E-state index contributed by atoms with van der Waals surface area (Å²) in [5.41, 5.74) is 0.121. The molecule has 1 rings (SSSR count). The highest BCUT2D eigenvalue weighted by Crippen LogP contribution is 2.29. The van der Waals surface area contributed by atoms with E-state index < -0.39 is 11.7 Å². The van der Waals surface area contributed by atoms with Crippen LogP contribution in [0.25, 0.3) is 0 Å². The van der Waals surface area contributed by atoms with Gasteiger partial charge in [-0.15, -0.1) is 0 Å². The van der Waals surface area contributed by atoms with E-state index in [4.69, 9.17) is 0 Å². The van der Waals surface area contributed by atoms with Crippen LogP contribution in [0.3, 0.4) is 0 Å². The molecule has 1 nitrogen and oxygen atoms in total. The van der Waals surface area contributed by atoms with Crippen LogP contribution in [0.15, 0.2) is 24.3 Å². The third-order valence-electron chi connectivity index (χ3n) is 2.35. The van der Waals surface area contributed by atoms with Gasteiger partial charge in [-0.1, -0.05) is 13.3 Å². The number of hydrogen-bond donors (Lipinski definition) is 1. The fourth-order valence-electron chi connectivity index (χ4n) is 1.55. The summed E-state index contributed by atoms with van der Waals surface area (Å²) in [5.74, 6) is 0. The largest absolute Gasteiger partial charge is 0.416 e. The maximum atomic E-state index is 12.3. The molecule has 16 heavy (non-hydrogen) atoms. The van der Waals surface area contributed by atoms with E-state index in [-0.39, 0.29) is 6.04 Å². The first-order valence-corrected chi connectivity index (χ1v) is 5.37. The molecule has 1 aromatic carbocycles. The second kappa shape index (κ2) is 5.23. The van der Waals surface area contributed by atoms with Crippen LogP contribution in [0.5, 0.6) is 0 Å². The lowest BCUT2D eigenvalue weighted by molar-refractivity contribution is -0.137. The van der Waals surface area contributed by atoms with Crippen molar-refractivity contribution in [2.45, 2.75) is 38.9 Å². The SMILES string of the molecule is CCCC(C)Nc1ccc(C(F)(F)F)cc1. The molecule has 0 amide bonds. The van der Waals surface area contributed by atoms with E-state index in [0.29, 0.717) is 0 Å². The molecule has 0 saturated heterocycles. The molecule has 0 spiro atoms. The monoisotopic (exact) mass is 231 g/mol. The Morgan fingerprint density at radius 1 is 1.19 bits per heavy atom. The van der Waals surface area contributed by atoms with E-state index >= 15 is 0 Å². The number of alkyl halides is 3. The Kier molecular flexibility index (Phi) is 4.21. The minimum atomic E-state index is -4.26. The van der Waals surface area contributed by atoms with Gasteiger partial charge < -0.3 is 5.32 Å². The highest BCUT2D eigenvalue weighted by atomic mass is 19.4. The Morgan fingerprint density at radius 2 is 1.75 bits per heavy atom. The van der Waals surface area contributed by atoms with E-state index in [9.17, 15) is 13.2 Å². The van der Waals surface area contributed by atoms with Gasteiger partial charge in [-0.25, -0.2) is 0 Å². The number of nitrogens with one attached hydrogen (secondary N) is 1. The van der Waals surface area contributed by atoms with Gasteiger partial charge in [-0.3, -0.25) is 0 Å². The van der Waals surface area contributed by atoms with Crippen molar-refractivity contribution in [1.29, 1.82) is 0 Å². The van der Waals surface area contributed by atoms with Crippen molar-refractivity contribution in [3.63, 3.8) is 0 Å². The number of halogens is 3. The average molecular weight is 231 g/mol. The lowest BCUT2D eigenvalue weighted by Gasteiger charge is -2.15. The molecule has 0 aliphatic carbocycles. The zero-order chi connectivity index (χ0) is 12.2. The zero-order valence-corrected chi connectivity index (χ0v) is 9.43. The Hall–Kier alpha value is -1.19. The van der Waals surface area contributed by atoms with Gasteiger partial charge >= 0.3 is 6.18 Å². The van der Waals surface area contributed by atoms with E-state index in [0.717, 1.165) is 30.7 Å². The smallest absolute Gasteiger partial charge is 0.383 e. The van der Waals surface area contributed by atoms with Crippen molar-refractivity contribution in [3.05, 3.63) is 29.8 Å². The molecule has 1 unspecified atom stereocenters. The number of anilines is 1. The summed E-state index contributed by atoms with van der Waals surface area (Å²) in [6, 6.07) is 5.41. The summed E-state index contributed by atoms with van der Waals surface area (Å²) in [5, 5.41) is 3.15. The average Bonchev–Trinajstić information content (AvgIpc) is 2.17. The normalized spacial score (nSPS) is 13.6. The van der Waals surface area contributed by atoms with Crippen LogP contribution in [0, 0.1) is 0 Å². The molecule has 0 aromatic heterocycles. The van der Waals surface area contributed by atoms with E-state index in [1.807, 2.05) is 6.92 Å². The predicted molar refractivity (Wildman–Crippen MR) is 59.4 cm³/mol. The zero-order valence-electron chi connectivity index (χ0n) is 9.43. The second-order valence-electron chi connectivity index (χ2n) is 3.91. The van der Waals surface area contributed by atoms with Crippen LogP contribution in [0.4, 0.5) is 18.9 Å². The predicted octanol–water partition coefficient (Wildman–Crippen LogP) is 4.31. The van der Waals surface area contributed by atoms with Crippen molar-refractivity contribution < 1.29 is 13.2 Å². The molecule has 4 heteroatoms. The van der Waals surface area contributed by atoms with Crippen LogP contribution in [0.1, 0.15) is 32.3 Å². The fraction of sp³-hybridized carbons (Fsp3) is 0.500. The molecule has 0 aliphatic rings. The van der Waals surface area contributed by atoms with Crippen LogP contribution < -0.4 is 5.32 Å². The minimum absolute atomic E-state index is 0.279. The molecule has 0 heterocycles. The number of rotatable bonds is 4. The molecular weight excluding hydrogens is 215 g/mol. The molecule has 0 radical (unpaired) electrons. The summed E-state index contributed by atoms with van der Waals surface area (Å²) in [4.78, 5) is 0. The second-order valence-corrected chi connectivity index (χ2v) is 3.91. The summed E-state index contributed by atoms with van der Waals surface area (Å²) >= 11 is 0. The maximum Gasteiger partial charge on any atom is 0.416 e. The van der Waals surface area contributed by atoms with Crippen molar-refractivity contribution in [2.24, 2.45) is 0 Å². The van der Waals surface area contributed by atoms with Crippen molar-refractivity contribution in [2.75, 3.05) is 5.32 Å². The van der Waals surface area contributed by atoms with Gasteiger partial charge in [0.2, 0.25) is 0 Å². The van der Waals surface area contributed by atoms with Gasteiger partial charge in [-0.05, 0) is 37.6 Å². The maximum absolute atomic E-state index is 12.3. The highest BCUT2D eigenvalue weighted by Gasteiger charge is 2.29. The first-order valence-electron chi connectivity index (χ1n) is 5.37. The van der Waals surface area contributed by atoms with Gasteiger partial charge in [0.15, 0.2) is 0 Å². The van der Waals surface area contributed by atoms with Crippen molar-refractivity contribution in [3.8, 4) is 0 Å². The van der Waals surface area contributed by atoms with Gasteiger partial charge in [0.25, 0.3) is 0 Å². The van der Waals surface area contributed by atoms with Crippen LogP contribution in [0.2, 0.25) is 0 Å². The van der Waals surface area contributed by atoms with Gasteiger partial charge in [0.1, 0.15) is 0 Å². The van der Waals surface area contributed by atoms with Crippen LogP contribution >= 0.6 is 0 Å². The summed E-state index contributed by atoms with van der Waals surface area (Å²) in [6.07, 6.45) is -2.20. The molecular formula is C12H16F3N. The summed E-state index contributed by atoms with van der Waals surface area (Å²) in [6.45, 7) is 4.09. The summed E-state index contributed by atoms with van der Waals surface area (Å²) < 4.78 is 36.8. The van der Waals surface area contributed by atoms with Gasteiger partial charge in [0.05, 0.1) is 5.56 Å². The van der Waals surface area contributed by atoms with Crippen LogP contribution in [-0.4, -0.2) is 6.04 Å². The highest BCUT2D eigenvalue weighted by molar-refractivity contribution is 5.45. The number of hydrogen-bond acceptors (Lipinski definition) is 1. The standard InChI is InChI=1S/C12H16F3N/c1-3-4-9(2)16-11-7-5-10(6-8-11)12(13,14)15/h5-9,16H,3-4H2,1-2H3. The van der Waals surface area contributed by atoms with E-state index in [1.165, 1.54) is 12.1 Å². The number of benzene rings is 1. The topological polar surface area (TPSA) is 12.0 Å². The third-order valence-corrected chi connectivity index (χ3v) is 2.35.